The first-order valence-corrected chi connectivity index (χ1v) is 5.32. The standard InChI is InChI=1S/C11H16BrN/c1-11(2,6-7-13)9-4-3-5-10(12)8-9/h3-5,8H,6-7,13H2,1-2H3. The third-order valence-corrected chi connectivity index (χ3v) is 2.87. The predicted molar refractivity (Wildman–Crippen MR) is 60.8 cm³/mol. The summed E-state index contributed by atoms with van der Waals surface area (Å²) in [6.07, 6.45) is 1.02. The lowest BCUT2D eigenvalue weighted by Crippen LogP contribution is -2.21. The minimum Gasteiger partial charge on any atom is -0.330 e. The maximum Gasteiger partial charge on any atom is 0.0178 e. The van der Waals surface area contributed by atoms with Crippen LogP contribution in [0.5, 0.6) is 0 Å². The lowest BCUT2D eigenvalue weighted by molar-refractivity contribution is 0.487. The van der Waals surface area contributed by atoms with E-state index in [1.165, 1.54) is 5.56 Å². The largest absolute Gasteiger partial charge is 0.330 e. The fraction of sp³-hybridized carbons (Fsp3) is 0.455. The van der Waals surface area contributed by atoms with Crippen LogP contribution < -0.4 is 5.73 Å². The molecule has 0 bridgehead atoms. The molecule has 0 fully saturated rings. The molecule has 0 heterocycles. The minimum atomic E-state index is 0.179. The Kier molecular flexibility index (Phi) is 3.51. The van der Waals surface area contributed by atoms with Gasteiger partial charge >= 0.3 is 0 Å². The monoisotopic (exact) mass is 241 g/mol. The number of halogens is 1. The van der Waals surface area contributed by atoms with Gasteiger partial charge in [0.1, 0.15) is 0 Å². The second-order valence-corrected chi connectivity index (χ2v) is 4.85. The maximum absolute atomic E-state index is 5.58. The molecule has 0 saturated carbocycles. The maximum atomic E-state index is 5.58. The van der Waals surface area contributed by atoms with Crippen molar-refractivity contribution in [2.75, 3.05) is 6.54 Å². The van der Waals surface area contributed by atoms with Crippen LogP contribution in [0.25, 0.3) is 0 Å². The van der Waals surface area contributed by atoms with E-state index in [4.69, 9.17) is 5.73 Å². The molecule has 0 radical (unpaired) electrons. The van der Waals surface area contributed by atoms with Crippen LogP contribution in [0.4, 0.5) is 0 Å². The number of hydrogen-bond donors (Lipinski definition) is 1. The molecule has 1 aromatic carbocycles. The molecular formula is C11H16BrN. The molecular weight excluding hydrogens is 226 g/mol. The molecule has 1 nitrogen and oxygen atoms in total. The molecule has 0 aromatic heterocycles. The Bertz CT molecular complexity index is 281. The summed E-state index contributed by atoms with van der Waals surface area (Å²) in [7, 11) is 0. The molecule has 13 heavy (non-hydrogen) atoms. The summed E-state index contributed by atoms with van der Waals surface area (Å²) in [5, 5.41) is 0. The highest BCUT2D eigenvalue weighted by molar-refractivity contribution is 9.10. The average Bonchev–Trinajstić information content (AvgIpc) is 2.04. The summed E-state index contributed by atoms with van der Waals surface area (Å²) in [6, 6.07) is 8.43. The van der Waals surface area contributed by atoms with Crippen molar-refractivity contribution in [3.8, 4) is 0 Å². The summed E-state index contributed by atoms with van der Waals surface area (Å²) in [4.78, 5) is 0. The lowest BCUT2D eigenvalue weighted by atomic mass is 9.82. The van der Waals surface area contributed by atoms with Crippen LogP contribution in [-0.4, -0.2) is 6.54 Å². The summed E-state index contributed by atoms with van der Waals surface area (Å²) in [6.45, 7) is 5.18. The van der Waals surface area contributed by atoms with Crippen LogP contribution in [0.3, 0.4) is 0 Å². The molecule has 0 unspecified atom stereocenters. The average molecular weight is 242 g/mol. The number of nitrogens with two attached hydrogens (primary N) is 1. The van der Waals surface area contributed by atoms with Gasteiger partial charge in [-0.25, -0.2) is 0 Å². The first-order chi connectivity index (χ1) is 6.06. The van der Waals surface area contributed by atoms with E-state index < -0.39 is 0 Å². The quantitative estimate of drug-likeness (QED) is 0.866. The molecule has 2 N–H and O–H groups in total. The van der Waals surface area contributed by atoms with Gasteiger partial charge in [-0.2, -0.15) is 0 Å². The molecule has 1 rings (SSSR count). The summed E-state index contributed by atoms with van der Waals surface area (Å²) >= 11 is 3.47. The molecule has 0 atom stereocenters. The second-order valence-electron chi connectivity index (χ2n) is 3.93. The van der Waals surface area contributed by atoms with Gasteiger partial charge in [0, 0.05) is 4.47 Å². The lowest BCUT2D eigenvalue weighted by Gasteiger charge is -2.24. The zero-order chi connectivity index (χ0) is 9.90. The molecule has 0 amide bonds. The Morgan fingerprint density at radius 2 is 2.08 bits per heavy atom. The molecule has 0 aliphatic carbocycles. The molecule has 72 valence electrons. The Morgan fingerprint density at radius 3 is 2.62 bits per heavy atom. The molecule has 2 heteroatoms. The van der Waals surface area contributed by atoms with Gasteiger partial charge in [-0.3, -0.25) is 0 Å². The van der Waals surface area contributed by atoms with Crippen LogP contribution in [0.15, 0.2) is 28.7 Å². The molecule has 0 aliphatic heterocycles. The van der Waals surface area contributed by atoms with Gasteiger partial charge in [0.15, 0.2) is 0 Å². The SMILES string of the molecule is CC(C)(CCN)c1cccc(Br)c1. The van der Waals surface area contributed by atoms with Gasteiger partial charge in [-0.05, 0) is 36.1 Å². The summed E-state index contributed by atoms with van der Waals surface area (Å²) in [5.41, 5.74) is 7.10. The Hall–Kier alpha value is -0.340. The van der Waals surface area contributed by atoms with E-state index in [0.717, 1.165) is 17.4 Å². The van der Waals surface area contributed by atoms with Gasteiger partial charge in [-0.15, -0.1) is 0 Å². The third-order valence-electron chi connectivity index (χ3n) is 2.38. The van der Waals surface area contributed by atoms with Gasteiger partial charge in [0.05, 0.1) is 0 Å². The normalized spacial score (nSPS) is 11.7. The van der Waals surface area contributed by atoms with Crippen molar-refractivity contribution < 1.29 is 0 Å². The first-order valence-electron chi connectivity index (χ1n) is 4.52. The van der Waals surface area contributed by atoms with Crippen molar-refractivity contribution in [1.82, 2.24) is 0 Å². The van der Waals surface area contributed by atoms with Crippen molar-refractivity contribution in [1.29, 1.82) is 0 Å². The smallest absolute Gasteiger partial charge is 0.0178 e. The van der Waals surface area contributed by atoms with Crippen LogP contribution in [0.2, 0.25) is 0 Å². The van der Waals surface area contributed by atoms with Gasteiger partial charge in [0.25, 0.3) is 0 Å². The summed E-state index contributed by atoms with van der Waals surface area (Å²) < 4.78 is 1.13. The Morgan fingerprint density at radius 1 is 1.38 bits per heavy atom. The summed E-state index contributed by atoms with van der Waals surface area (Å²) in [5.74, 6) is 0. The van der Waals surface area contributed by atoms with Gasteiger partial charge < -0.3 is 5.73 Å². The first kappa shape index (κ1) is 10.7. The van der Waals surface area contributed by atoms with Crippen molar-refractivity contribution >= 4 is 15.9 Å². The fourth-order valence-electron chi connectivity index (χ4n) is 1.41. The minimum absolute atomic E-state index is 0.179. The molecule has 0 aliphatic rings. The topological polar surface area (TPSA) is 26.0 Å². The Labute approximate surface area is 88.5 Å². The van der Waals surface area contributed by atoms with E-state index in [1.54, 1.807) is 0 Å². The number of rotatable bonds is 3. The van der Waals surface area contributed by atoms with Crippen LogP contribution in [0, 0.1) is 0 Å². The number of hydrogen-bond acceptors (Lipinski definition) is 1. The highest BCUT2D eigenvalue weighted by Gasteiger charge is 2.19. The van der Waals surface area contributed by atoms with Gasteiger partial charge in [-0.1, -0.05) is 41.9 Å². The van der Waals surface area contributed by atoms with E-state index in [0.29, 0.717) is 0 Å². The highest BCUT2D eigenvalue weighted by Crippen LogP contribution is 2.28. The van der Waals surface area contributed by atoms with Crippen molar-refractivity contribution in [3.63, 3.8) is 0 Å². The zero-order valence-electron chi connectivity index (χ0n) is 8.18. The molecule has 1 aromatic rings. The number of benzene rings is 1. The van der Waals surface area contributed by atoms with E-state index in [-0.39, 0.29) is 5.41 Å². The van der Waals surface area contributed by atoms with Crippen molar-refractivity contribution in [2.24, 2.45) is 5.73 Å². The Balaban J connectivity index is 2.93. The van der Waals surface area contributed by atoms with E-state index >= 15 is 0 Å². The van der Waals surface area contributed by atoms with Crippen molar-refractivity contribution in [2.45, 2.75) is 25.7 Å². The molecule has 0 saturated heterocycles. The van der Waals surface area contributed by atoms with Gasteiger partial charge in [0.2, 0.25) is 0 Å². The highest BCUT2D eigenvalue weighted by atomic mass is 79.9. The van der Waals surface area contributed by atoms with Crippen LogP contribution >= 0.6 is 15.9 Å². The van der Waals surface area contributed by atoms with Crippen molar-refractivity contribution in [3.05, 3.63) is 34.3 Å². The molecule has 0 spiro atoms. The second kappa shape index (κ2) is 4.25. The third kappa shape index (κ3) is 2.82. The predicted octanol–water partition coefficient (Wildman–Crippen LogP) is 3.08. The van der Waals surface area contributed by atoms with E-state index in [1.807, 2.05) is 6.07 Å². The van der Waals surface area contributed by atoms with Crippen LogP contribution in [0.1, 0.15) is 25.8 Å². The van der Waals surface area contributed by atoms with Crippen LogP contribution in [-0.2, 0) is 5.41 Å². The fourth-order valence-corrected chi connectivity index (χ4v) is 1.81. The van der Waals surface area contributed by atoms with E-state index in [2.05, 4.69) is 48.0 Å². The van der Waals surface area contributed by atoms with E-state index in [9.17, 15) is 0 Å². The zero-order valence-corrected chi connectivity index (χ0v) is 9.76.